The number of hydrogen-bond acceptors (Lipinski definition) is 3. The lowest BCUT2D eigenvalue weighted by Gasteiger charge is -2.02. The van der Waals surface area contributed by atoms with Crippen LogP contribution >= 0.6 is 12.2 Å². The molecule has 3 nitrogen and oxygen atoms in total. The second kappa shape index (κ2) is 4.01. The van der Waals surface area contributed by atoms with Gasteiger partial charge in [0.25, 0.3) is 0 Å². The Labute approximate surface area is 76.0 Å². The van der Waals surface area contributed by atoms with Crippen LogP contribution in [0.3, 0.4) is 0 Å². The van der Waals surface area contributed by atoms with Gasteiger partial charge in [-0.2, -0.15) is 0 Å². The minimum atomic E-state index is 0.692. The van der Waals surface area contributed by atoms with Crippen molar-refractivity contribution in [2.45, 2.75) is 13.5 Å². The third kappa shape index (κ3) is 1.71. The van der Waals surface area contributed by atoms with Crippen LogP contribution in [0.4, 0.5) is 0 Å². The predicted octanol–water partition coefficient (Wildman–Crippen LogP) is 2.05. The number of oxime groups is 1. The molecule has 0 saturated carbocycles. The van der Waals surface area contributed by atoms with E-state index >= 15 is 0 Å². The van der Waals surface area contributed by atoms with Gasteiger partial charge in [0.15, 0.2) is 0 Å². The first-order valence-corrected chi connectivity index (χ1v) is 4.07. The lowest BCUT2D eigenvalue weighted by molar-refractivity contribution is 0.322. The van der Waals surface area contributed by atoms with Crippen molar-refractivity contribution in [3.05, 3.63) is 28.5 Å². The maximum absolute atomic E-state index is 8.32. The Bertz CT molecular complexity index is 343. The molecule has 1 rings (SSSR count). The Morgan fingerprint density at radius 3 is 3.08 bits per heavy atom. The lowest BCUT2D eigenvalue weighted by atomic mass is 10.3. The Hall–Kier alpha value is -1.16. The molecule has 12 heavy (non-hydrogen) atoms. The molecule has 0 amide bonds. The SMILES string of the molecule is CCn1cccc(/C=N/O)c1=S. The smallest absolute Gasteiger partial charge is 0.114 e. The molecule has 0 fully saturated rings. The molecule has 4 heteroatoms. The third-order valence-electron chi connectivity index (χ3n) is 1.59. The standard InChI is InChI=1S/C8H10N2OS/c1-2-10-5-3-4-7(6-9-11)8(10)12/h3-6,11H,2H2,1H3/b9-6+. The molecular weight excluding hydrogens is 172 g/mol. The maximum atomic E-state index is 8.32. The number of aryl methyl sites for hydroxylation is 1. The predicted molar refractivity (Wildman–Crippen MR) is 50.3 cm³/mol. The second-order valence-corrected chi connectivity index (χ2v) is 2.69. The summed E-state index contributed by atoms with van der Waals surface area (Å²) in [4.78, 5) is 0. The van der Waals surface area contributed by atoms with Gasteiger partial charge in [0.1, 0.15) is 4.64 Å². The first kappa shape index (κ1) is 8.93. The average molecular weight is 182 g/mol. The van der Waals surface area contributed by atoms with Gasteiger partial charge in [-0.05, 0) is 19.1 Å². The van der Waals surface area contributed by atoms with Crippen molar-refractivity contribution >= 4 is 18.4 Å². The van der Waals surface area contributed by atoms with Crippen molar-refractivity contribution in [3.63, 3.8) is 0 Å². The van der Waals surface area contributed by atoms with E-state index in [0.29, 0.717) is 4.64 Å². The molecule has 1 aromatic rings. The number of aromatic nitrogens is 1. The zero-order chi connectivity index (χ0) is 8.97. The number of hydrogen-bond donors (Lipinski definition) is 1. The zero-order valence-electron chi connectivity index (χ0n) is 6.77. The summed E-state index contributed by atoms with van der Waals surface area (Å²) in [6, 6.07) is 3.69. The van der Waals surface area contributed by atoms with Crippen molar-refractivity contribution in [1.29, 1.82) is 0 Å². The summed E-state index contributed by atoms with van der Waals surface area (Å²) in [5.74, 6) is 0. The van der Waals surface area contributed by atoms with Crippen LogP contribution in [0, 0.1) is 4.64 Å². The van der Waals surface area contributed by atoms with Gasteiger partial charge >= 0.3 is 0 Å². The zero-order valence-corrected chi connectivity index (χ0v) is 7.58. The summed E-state index contributed by atoms with van der Waals surface area (Å²) in [5.41, 5.74) is 0.761. The van der Waals surface area contributed by atoms with E-state index in [2.05, 4.69) is 5.16 Å². The van der Waals surface area contributed by atoms with Gasteiger partial charge < -0.3 is 9.77 Å². The van der Waals surface area contributed by atoms with E-state index < -0.39 is 0 Å². The van der Waals surface area contributed by atoms with E-state index in [1.807, 2.05) is 29.8 Å². The summed E-state index contributed by atoms with van der Waals surface area (Å²) >= 11 is 5.12. The quantitative estimate of drug-likeness (QED) is 0.329. The van der Waals surface area contributed by atoms with Gasteiger partial charge in [0.05, 0.1) is 6.21 Å². The Kier molecular flexibility index (Phi) is 2.99. The topological polar surface area (TPSA) is 37.5 Å². The van der Waals surface area contributed by atoms with Crippen molar-refractivity contribution in [3.8, 4) is 0 Å². The largest absolute Gasteiger partial charge is 0.411 e. The van der Waals surface area contributed by atoms with Gasteiger partial charge in [0, 0.05) is 18.3 Å². The summed E-state index contributed by atoms with van der Waals surface area (Å²) in [6.07, 6.45) is 3.24. The Morgan fingerprint density at radius 1 is 1.75 bits per heavy atom. The summed E-state index contributed by atoms with van der Waals surface area (Å²) in [5, 5.41) is 11.3. The lowest BCUT2D eigenvalue weighted by Crippen LogP contribution is -1.99. The Balaban J connectivity index is 3.23. The number of rotatable bonds is 2. The third-order valence-corrected chi connectivity index (χ3v) is 2.06. The monoisotopic (exact) mass is 182 g/mol. The minimum absolute atomic E-state index is 0.692. The molecule has 64 valence electrons. The molecule has 0 aromatic carbocycles. The van der Waals surface area contributed by atoms with E-state index in [1.165, 1.54) is 6.21 Å². The fraction of sp³-hybridized carbons (Fsp3) is 0.250. The molecule has 0 spiro atoms. The van der Waals surface area contributed by atoms with E-state index in [9.17, 15) is 0 Å². The minimum Gasteiger partial charge on any atom is -0.411 e. The molecule has 1 heterocycles. The molecule has 0 atom stereocenters. The highest BCUT2D eigenvalue weighted by Gasteiger charge is 1.93. The van der Waals surface area contributed by atoms with Crippen molar-refractivity contribution in [1.82, 2.24) is 4.57 Å². The Morgan fingerprint density at radius 2 is 2.50 bits per heavy atom. The van der Waals surface area contributed by atoms with E-state index in [4.69, 9.17) is 17.4 Å². The van der Waals surface area contributed by atoms with Crippen molar-refractivity contribution in [2.24, 2.45) is 5.16 Å². The highest BCUT2D eigenvalue weighted by molar-refractivity contribution is 7.71. The molecule has 1 N–H and O–H groups in total. The van der Waals surface area contributed by atoms with E-state index in [-0.39, 0.29) is 0 Å². The van der Waals surface area contributed by atoms with Crippen LogP contribution in [-0.4, -0.2) is 16.0 Å². The molecule has 0 aliphatic carbocycles. The van der Waals surface area contributed by atoms with Crippen molar-refractivity contribution < 1.29 is 5.21 Å². The van der Waals surface area contributed by atoms with Gasteiger partial charge in [-0.1, -0.05) is 17.4 Å². The summed E-state index contributed by atoms with van der Waals surface area (Å²) < 4.78 is 2.60. The molecule has 0 bridgehead atoms. The van der Waals surface area contributed by atoms with E-state index in [0.717, 1.165) is 12.1 Å². The van der Waals surface area contributed by atoms with Crippen LogP contribution in [0.1, 0.15) is 12.5 Å². The normalized spacial score (nSPS) is 10.8. The highest BCUT2D eigenvalue weighted by atomic mass is 32.1. The molecule has 0 unspecified atom stereocenters. The molecule has 1 aromatic heterocycles. The summed E-state index contributed by atoms with van der Waals surface area (Å²) in [7, 11) is 0. The maximum Gasteiger partial charge on any atom is 0.114 e. The highest BCUT2D eigenvalue weighted by Crippen LogP contribution is 2.00. The van der Waals surface area contributed by atoms with Gasteiger partial charge in [0.2, 0.25) is 0 Å². The van der Waals surface area contributed by atoms with Crippen LogP contribution in [0.25, 0.3) is 0 Å². The second-order valence-electron chi connectivity index (χ2n) is 2.30. The molecule has 0 aliphatic heterocycles. The van der Waals surface area contributed by atoms with Gasteiger partial charge in [-0.3, -0.25) is 0 Å². The van der Waals surface area contributed by atoms with E-state index in [1.54, 1.807) is 0 Å². The number of nitrogens with zero attached hydrogens (tertiary/aromatic N) is 2. The summed E-state index contributed by atoms with van der Waals surface area (Å²) in [6.45, 7) is 2.83. The van der Waals surface area contributed by atoms with Crippen molar-refractivity contribution in [2.75, 3.05) is 0 Å². The van der Waals surface area contributed by atoms with Crippen LogP contribution in [0.15, 0.2) is 23.5 Å². The molecule has 0 radical (unpaired) electrons. The van der Waals surface area contributed by atoms with Gasteiger partial charge in [-0.25, -0.2) is 0 Å². The van der Waals surface area contributed by atoms with Crippen LogP contribution in [0.2, 0.25) is 0 Å². The van der Waals surface area contributed by atoms with Crippen LogP contribution < -0.4 is 0 Å². The molecule has 0 saturated heterocycles. The molecule has 0 aliphatic rings. The fourth-order valence-corrected chi connectivity index (χ4v) is 1.28. The fourth-order valence-electron chi connectivity index (χ4n) is 0.965. The molecular formula is C8H10N2OS. The van der Waals surface area contributed by atoms with Crippen LogP contribution in [0.5, 0.6) is 0 Å². The first-order chi connectivity index (χ1) is 5.79. The average Bonchev–Trinajstić information content (AvgIpc) is 2.09. The first-order valence-electron chi connectivity index (χ1n) is 3.66. The number of pyridine rings is 1. The van der Waals surface area contributed by atoms with Gasteiger partial charge in [-0.15, -0.1) is 0 Å². The van der Waals surface area contributed by atoms with Crippen LogP contribution in [-0.2, 0) is 6.54 Å².